The summed E-state index contributed by atoms with van der Waals surface area (Å²) < 4.78 is 0. The zero-order valence-electron chi connectivity index (χ0n) is 26.1. The average molecular weight is 541 g/mol. The first-order valence-corrected chi connectivity index (χ1v) is 15.9. The summed E-state index contributed by atoms with van der Waals surface area (Å²) in [5, 5.41) is 19.0. The van der Waals surface area contributed by atoms with E-state index in [-0.39, 0.29) is 11.5 Å². The predicted molar refractivity (Wildman–Crippen MR) is 169 cm³/mol. The van der Waals surface area contributed by atoms with E-state index in [0.29, 0.717) is 6.42 Å². The van der Waals surface area contributed by atoms with Crippen LogP contribution in [0.2, 0.25) is 0 Å². The van der Waals surface area contributed by atoms with Gasteiger partial charge in [0.15, 0.2) is 0 Å². The molecule has 0 saturated carbocycles. The number of hydrogen-bond acceptors (Lipinski definition) is 2. The van der Waals surface area contributed by atoms with E-state index in [0.717, 1.165) is 31.3 Å². The molecule has 0 bridgehead atoms. The smallest absolute Gasteiger partial charge is 0.303 e. The summed E-state index contributed by atoms with van der Waals surface area (Å²) in [5.41, 5.74) is 5.66. The molecule has 1 rings (SSSR count). The molecule has 0 aromatic carbocycles. The summed E-state index contributed by atoms with van der Waals surface area (Å²) in [6, 6.07) is 0. The van der Waals surface area contributed by atoms with Gasteiger partial charge < -0.3 is 10.2 Å². The molecular formula is C36H60O3. The molecule has 0 amide bonds. The number of aliphatic hydroxyl groups is 1. The number of rotatable bonds is 21. The molecule has 0 saturated heterocycles. The molecule has 0 aliphatic heterocycles. The van der Waals surface area contributed by atoms with Crippen molar-refractivity contribution in [1.82, 2.24) is 0 Å². The SMILES string of the molecule is CC(C=CC1=C(C)CCCC1(C)C)=CC=CC(C)=CC(O)CCCCCCCCCCCCCCCC(=O)O. The third kappa shape index (κ3) is 18.2. The van der Waals surface area contributed by atoms with Crippen molar-refractivity contribution >= 4 is 5.97 Å². The van der Waals surface area contributed by atoms with Crippen molar-refractivity contribution in [2.24, 2.45) is 5.41 Å². The molecule has 0 aromatic heterocycles. The second kappa shape index (κ2) is 21.0. The van der Waals surface area contributed by atoms with Gasteiger partial charge in [-0.15, -0.1) is 0 Å². The highest BCUT2D eigenvalue weighted by atomic mass is 16.4. The minimum absolute atomic E-state index is 0.276. The van der Waals surface area contributed by atoms with Crippen molar-refractivity contribution in [3.05, 3.63) is 58.7 Å². The highest BCUT2D eigenvalue weighted by molar-refractivity contribution is 5.66. The molecule has 0 aromatic rings. The zero-order valence-corrected chi connectivity index (χ0v) is 26.1. The first-order chi connectivity index (χ1) is 18.6. The summed E-state index contributed by atoms with van der Waals surface area (Å²) in [6.07, 6.45) is 33.2. The third-order valence-corrected chi connectivity index (χ3v) is 8.12. The fraction of sp³-hybridized carbons (Fsp3) is 0.694. The fourth-order valence-electron chi connectivity index (χ4n) is 5.65. The first-order valence-electron chi connectivity index (χ1n) is 15.9. The Balaban J connectivity index is 2.12. The predicted octanol–water partition coefficient (Wildman–Crippen LogP) is 10.8. The third-order valence-electron chi connectivity index (χ3n) is 8.12. The minimum Gasteiger partial charge on any atom is -0.481 e. The first kappa shape index (κ1) is 35.2. The summed E-state index contributed by atoms with van der Waals surface area (Å²) in [5.74, 6) is -0.671. The van der Waals surface area contributed by atoms with Crippen LogP contribution in [0.3, 0.4) is 0 Å². The van der Waals surface area contributed by atoms with Gasteiger partial charge in [0.1, 0.15) is 0 Å². The largest absolute Gasteiger partial charge is 0.481 e. The molecule has 1 aliphatic carbocycles. The zero-order chi connectivity index (χ0) is 28.9. The van der Waals surface area contributed by atoms with E-state index in [2.05, 4.69) is 65.0 Å². The van der Waals surface area contributed by atoms with Gasteiger partial charge in [-0.2, -0.15) is 0 Å². The quantitative estimate of drug-likeness (QED) is 0.112. The maximum atomic E-state index is 10.5. The lowest BCUT2D eigenvalue weighted by Crippen LogP contribution is -2.19. The molecule has 222 valence electrons. The number of aliphatic hydroxyl groups excluding tert-OH is 1. The van der Waals surface area contributed by atoms with Crippen LogP contribution in [0.5, 0.6) is 0 Å². The van der Waals surface area contributed by atoms with E-state index in [9.17, 15) is 9.90 Å². The van der Waals surface area contributed by atoms with Crippen molar-refractivity contribution in [3.63, 3.8) is 0 Å². The number of carbonyl (C=O) groups is 1. The van der Waals surface area contributed by atoms with Gasteiger partial charge in [0.2, 0.25) is 0 Å². The number of allylic oxidation sites excluding steroid dienone is 9. The standard InChI is InChI=1S/C36H60O3/c1-30(26-27-34-32(3)23-20-28-36(34,4)5)21-19-22-31(2)29-33(37)24-17-15-13-11-9-7-6-8-10-12-14-16-18-25-35(38)39/h19,21-22,26-27,29,33,37H,6-18,20,23-25,28H2,1-5H3,(H,38,39). The van der Waals surface area contributed by atoms with Crippen LogP contribution in [-0.4, -0.2) is 22.3 Å². The number of carboxylic acid groups (broad SMARTS) is 1. The Morgan fingerprint density at radius 3 is 1.92 bits per heavy atom. The van der Waals surface area contributed by atoms with Gasteiger partial charge in [0.25, 0.3) is 0 Å². The molecular weight excluding hydrogens is 480 g/mol. The van der Waals surface area contributed by atoms with Crippen LogP contribution in [0.15, 0.2) is 58.7 Å². The minimum atomic E-state index is -0.671. The van der Waals surface area contributed by atoms with Crippen LogP contribution in [0.4, 0.5) is 0 Å². The maximum absolute atomic E-state index is 10.5. The van der Waals surface area contributed by atoms with Gasteiger partial charge >= 0.3 is 5.97 Å². The lowest BCUT2D eigenvalue weighted by atomic mass is 9.72. The lowest BCUT2D eigenvalue weighted by molar-refractivity contribution is -0.137. The van der Waals surface area contributed by atoms with Gasteiger partial charge in [-0.1, -0.05) is 144 Å². The number of unbranched alkanes of at least 4 members (excludes halogenated alkanes) is 12. The normalized spacial score (nSPS) is 17.5. The van der Waals surface area contributed by atoms with Crippen molar-refractivity contribution in [1.29, 1.82) is 0 Å². The summed E-state index contributed by atoms with van der Waals surface area (Å²) in [4.78, 5) is 10.5. The van der Waals surface area contributed by atoms with E-state index in [1.165, 1.54) is 100 Å². The van der Waals surface area contributed by atoms with Crippen LogP contribution in [0.1, 0.15) is 150 Å². The number of hydrogen-bond donors (Lipinski definition) is 2. The van der Waals surface area contributed by atoms with Crippen molar-refractivity contribution in [2.45, 2.75) is 156 Å². The Morgan fingerprint density at radius 1 is 0.846 bits per heavy atom. The second-order valence-electron chi connectivity index (χ2n) is 12.5. The molecule has 39 heavy (non-hydrogen) atoms. The van der Waals surface area contributed by atoms with Gasteiger partial charge in [0.05, 0.1) is 6.10 Å². The van der Waals surface area contributed by atoms with E-state index in [1.54, 1.807) is 0 Å². The molecule has 2 N–H and O–H groups in total. The molecule has 1 unspecified atom stereocenters. The molecule has 0 spiro atoms. The fourth-order valence-corrected chi connectivity index (χ4v) is 5.65. The molecule has 0 fully saturated rings. The highest BCUT2D eigenvalue weighted by Gasteiger charge is 2.26. The number of aliphatic carboxylic acids is 1. The second-order valence-corrected chi connectivity index (χ2v) is 12.5. The molecule has 3 heteroatoms. The average Bonchev–Trinajstić information content (AvgIpc) is 2.85. The Hall–Kier alpha value is -1.87. The summed E-state index contributed by atoms with van der Waals surface area (Å²) in [7, 11) is 0. The van der Waals surface area contributed by atoms with E-state index in [4.69, 9.17) is 5.11 Å². The van der Waals surface area contributed by atoms with Crippen molar-refractivity contribution < 1.29 is 15.0 Å². The summed E-state index contributed by atoms with van der Waals surface area (Å²) >= 11 is 0. The molecule has 0 radical (unpaired) electrons. The van der Waals surface area contributed by atoms with E-state index < -0.39 is 5.97 Å². The van der Waals surface area contributed by atoms with Gasteiger partial charge in [-0.3, -0.25) is 4.79 Å². The monoisotopic (exact) mass is 540 g/mol. The van der Waals surface area contributed by atoms with Crippen LogP contribution < -0.4 is 0 Å². The van der Waals surface area contributed by atoms with Crippen molar-refractivity contribution in [3.8, 4) is 0 Å². The molecule has 1 aliphatic rings. The summed E-state index contributed by atoms with van der Waals surface area (Å²) in [6.45, 7) is 11.2. The van der Waals surface area contributed by atoms with Gasteiger partial charge in [-0.05, 0) is 63.9 Å². The van der Waals surface area contributed by atoms with Crippen LogP contribution >= 0.6 is 0 Å². The Morgan fingerprint density at radius 2 is 1.38 bits per heavy atom. The Bertz CT molecular complexity index is 837. The van der Waals surface area contributed by atoms with Crippen LogP contribution in [0, 0.1) is 5.41 Å². The Labute approximate surface area is 241 Å². The van der Waals surface area contributed by atoms with Crippen LogP contribution in [0.25, 0.3) is 0 Å². The van der Waals surface area contributed by atoms with Gasteiger partial charge in [0, 0.05) is 6.42 Å². The highest BCUT2D eigenvalue weighted by Crippen LogP contribution is 2.40. The van der Waals surface area contributed by atoms with Crippen molar-refractivity contribution in [2.75, 3.05) is 0 Å². The molecule has 3 nitrogen and oxygen atoms in total. The van der Waals surface area contributed by atoms with E-state index >= 15 is 0 Å². The molecule has 1 atom stereocenters. The maximum Gasteiger partial charge on any atom is 0.303 e. The topological polar surface area (TPSA) is 57.5 Å². The van der Waals surface area contributed by atoms with Crippen LogP contribution in [-0.2, 0) is 4.79 Å². The van der Waals surface area contributed by atoms with E-state index in [1.807, 2.05) is 6.08 Å². The Kier molecular flexibility index (Phi) is 18.9. The van der Waals surface area contributed by atoms with Gasteiger partial charge in [-0.25, -0.2) is 0 Å². The molecule has 0 heterocycles. The number of carboxylic acids is 1. The lowest BCUT2D eigenvalue weighted by Gasteiger charge is -2.32.